The first-order valence-corrected chi connectivity index (χ1v) is 15.3. The first-order valence-electron chi connectivity index (χ1n) is 15.3. The summed E-state index contributed by atoms with van der Waals surface area (Å²) >= 11 is 0. The standard InChI is InChI=1S/C28H51F3N8O/c1-27(2,3)16-40-25-19(7-6-12-33-25)22-34-13-20-24(36-22)39(26(32)38(20)5)14-17-8-10-18(11-9-17)23-35-21(15-37(23)4)28(29,30)31/h17-25,32-36H,6-16H2,1-5H3. The molecule has 12 heteroatoms. The van der Waals surface area contributed by atoms with Crippen molar-refractivity contribution >= 4 is 5.96 Å². The van der Waals surface area contributed by atoms with E-state index in [1.807, 2.05) is 11.9 Å². The van der Waals surface area contributed by atoms with Crippen LogP contribution < -0.4 is 21.3 Å². The molecule has 0 spiro atoms. The number of likely N-dealkylation sites (N-methyl/N-ethyl adjacent to an activating group) is 2. The zero-order valence-corrected chi connectivity index (χ0v) is 24.9. The van der Waals surface area contributed by atoms with Crippen molar-refractivity contribution in [3.63, 3.8) is 0 Å². The van der Waals surface area contributed by atoms with Gasteiger partial charge in [-0.2, -0.15) is 13.2 Å². The van der Waals surface area contributed by atoms with Gasteiger partial charge in [-0.3, -0.25) is 31.6 Å². The van der Waals surface area contributed by atoms with E-state index in [-0.39, 0.29) is 48.6 Å². The van der Waals surface area contributed by atoms with Crippen LogP contribution in [0.15, 0.2) is 0 Å². The molecule has 5 N–H and O–H groups in total. The monoisotopic (exact) mass is 572 g/mol. The van der Waals surface area contributed by atoms with Crippen LogP contribution in [0.3, 0.4) is 0 Å². The van der Waals surface area contributed by atoms with Crippen LogP contribution in [-0.2, 0) is 4.74 Å². The fourth-order valence-electron chi connectivity index (χ4n) is 7.52. The predicted octanol–water partition coefficient (Wildman–Crippen LogP) is 2.37. The lowest BCUT2D eigenvalue weighted by molar-refractivity contribution is -0.150. The van der Waals surface area contributed by atoms with Crippen molar-refractivity contribution in [1.82, 2.24) is 36.0 Å². The molecule has 0 aromatic rings. The first-order chi connectivity index (χ1) is 18.8. The molecule has 230 valence electrons. The molecule has 5 fully saturated rings. The summed E-state index contributed by atoms with van der Waals surface area (Å²) in [7, 11) is 3.81. The fourth-order valence-corrected chi connectivity index (χ4v) is 7.52. The molecule has 7 unspecified atom stereocenters. The Kier molecular flexibility index (Phi) is 8.96. The number of fused-ring (bicyclic) bond motifs is 1. The number of hydrogen-bond donors (Lipinski definition) is 5. The summed E-state index contributed by atoms with van der Waals surface area (Å²) in [6.45, 7) is 9.89. The summed E-state index contributed by atoms with van der Waals surface area (Å²) in [6, 6.07) is -1.25. The Balaban J connectivity index is 1.18. The summed E-state index contributed by atoms with van der Waals surface area (Å²) in [5.41, 5.74) is 0.102. The molecule has 4 heterocycles. The molecular formula is C28H51F3N8O. The van der Waals surface area contributed by atoms with Crippen molar-refractivity contribution in [3.05, 3.63) is 0 Å². The zero-order valence-electron chi connectivity index (χ0n) is 24.9. The smallest absolute Gasteiger partial charge is 0.362 e. The van der Waals surface area contributed by atoms with Gasteiger partial charge in [0.05, 0.1) is 25.0 Å². The lowest BCUT2D eigenvalue weighted by Crippen LogP contribution is -2.69. The number of alkyl halides is 3. The molecule has 40 heavy (non-hydrogen) atoms. The number of nitrogens with zero attached hydrogens (tertiary/aromatic N) is 3. The number of nitrogens with one attached hydrogen (secondary N) is 5. The van der Waals surface area contributed by atoms with Gasteiger partial charge in [0.25, 0.3) is 0 Å². The summed E-state index contributed by atoms with van der Waals surface area (Å²) in [5, 5.41) is 23.0. The van der Waals surface area contributed by atoms with Gasteiger partial charge >= 0.3 is 6.18 Å². The van der Waals surface area contributed by atoms with Gasteiger partial charge < -0.3 is 14.5 Å². The third kappa shape index (κ3) is 6.57. The van der Waals surface area contributed by atoms with Gasteiger partial charge in [0, 0.05) is 32.6 Å². The maximum absolute atomic E-state index is 13.3. The molecule has 5 aliphatic rings. The van der Waals surface area contributed by atoms with Crippen LogP contribution in [0, 0.1) is 28.6 Å². The Hall–Kier alpha value is -1.18. The number of ether oxygens (including phenoxy) is 1. The second-order valence-electron chi connectivity index (χ2n) is 14.1. The van der Waals surface area contributed by atoms with E-state index >= 15 is 0 Å². The van der Waals surface area contributed by atoms with E-state index in [1.165, 1.54) is 0 Å². The Bertz CT molecular complexity index is 877. The van der Waals surface area contributed by atoms with Crippen LogP contribution in [-0.4, -0.2) is 111 Å². The average Bonchev–Trinajstić information content (AvgIpc) is 3.41. The van der Waals surface area contributed by atoms with Crippen molar-refractivity contribution in [1.29, 1.82) is 5.41 Å². The van der Waals surface area contributed by atoms with Crippen LogP contribution in [0.25, 0.3) is 0 Å². The fraction of sp³-hybridized carbons (Fsp3) is 0.964. The molecule has 0 aromatic heterocycles. The van der Waals surface area contributed by atoms with E-state index < -0.39 is 12.2 Å². The molecular weight excluding hydrogens is 521 g/mol. The highest BCUT2D eigenvalue weighted by Crippen LogP contribution is 2.37. The van der Waals surface area contributed by atoms with Crippen LogP contribution in [0.2, 0.25) is 0 Å². The maximum Gasteiger partial charge on any atom is 0.405 e. The van der Waals surface area contributed by atoms with Crippen molar-refractivity contribution in [2.75, 3.05) is 46.9 Å². The molecule has 0 amide bonds. The normalized spacial score (nSPS) is 40.1. The lowest BCUT2D eigenvalue weighted by atomic mass is 9.80. The van der Waals surface area contributed by atoms with Gasteiger partial charge in [-0.15, -0.1) is 0 Å². The minimum atomic E-state index is -4.20. The summed E-state index contributed by atoms with van der Waals surface area (Å²) in [5.74, 6) is 1.51. The third-order valence-electron chi connectivity index (χ3n) is 9.78. The Morgan fingerprint density at radius 3 is 2.35 bits per heavy atom. The van der Waals surface area contributed by atoms with Gasteiger partial charge in [0.1, 0.15) is 18.4 Å². The number of hydrogen-bond acceptors (Lipinski definition) is 7. The van der Waals surface area contributed by atoms with E-state index in [1.54, 1.807) is 7.05 Å². The van der Waals surface area contributed by atoms with E-state index in [4.69, 9.17) is 10.1 Å². The molecule has 0 bridgehead atoms. The molecule has 1 aliphatic carbocycles. The van der Waals surface area contributed by atoms with Gasteiger partial charge in [-0.25, -0.2) is 0 Å². The Morgan fingerprint density at radius 2 is 1.70 bits per heavy atom. The number of guanidine groups is 1. The molecule has 9 nitrogen and oxygen atoms in total. The van der Waals surface area contributed by atoms with Crippen molar-refractivity contribution in [3.8, 4) is 0 Å². The molecule has 0 aromatic carbocycles. The second kappa shape index (κ2) is 11.8. The molecule has 4 aliphatic heterocycles. The van der Waals surface area contributed by atoms with Crippen LogP contribution in [0.5, 0.6) is 0 Å². The summed E-state index contributed by atoms with van der Waals surface area (Å²) < 4.78 is 46.2. The highest BCUT2D eigenvalue weighted by Gasteiger charge is 2.50. The summed E-state index contributed by atoms with van der Waals surface area (Å²) in [4.78, 5) is 6.16. The molecule has 0 radical (unpaired) electrons. The average molecular weight is 573 g/mol. The van der Waals surface area contributed by atoms with Gasteiger partial charge in [-0.05, 0) is 69.4 Å². The van der Waals surface area contributed by atoms with E-state index in [2.05, 4.69) is 51.8 Å². The first kappa shape index (κ1) is 30.3. The minimum Gasteiger partial charge on any atom is -0.362 e. The molecule has 5 rings (SSSR count). The van der Waals surface area contributed by atoms with Crippen LogP contribution >= 0.6 is 0 Å². The second-order valence-corrected chi connectivity index (χ2v) is 14.1. The van der Waals surface area contributed by atoms with Gasteiger partial charge in [-0.1, -0.05) is 20.8 Å². The predicted molar refractivity (Wildman–Crippen MR) is 149 cm³/mol. The number of rotatable bonds is 6. The molecule has 1 saturated carbocycles. The van der Waals surface area contributed by atoms with Gasteiger partial charge in [0.15, 0.2) is 5.96 Å². The Labute approximate surface area is 237 Å². The van der Waals surface area contributed by atoms with Gasteiger partial charge in [0.2, 0.25) is 0 Å². The third-order valence-corrected chi connectivity index (χ3v) is 9.78. The van der Waals surface area contributed by atoms with Crippen molar-refractivity contribution in [2.45, 2.75) is 102 Å². The topological polar surface area (TPSA) is 90.9 Å². The quantitative estimate of drug-likeness (QED) is 0.332. The highest BCUT2D eigenvalue weighted by atomic mass is 19.4. The number of piperidine rings is 1. The van der Waals surface area contributed by atoms with Crippen molar-refractivity contribution < 1.29 is 17.9 Å². The van der Waals surface area contributed by atoms with E-state index in [0.717, 1.165) is 58.2 Å². The van der Waals surface area contributed by atoms with Crippen LogP contribution in [0.1, 0.15) is 59.3 Å². The zero-order chi connectivity index (χ0) is 28.8. The summed E-state index contributed by atoms with van der Waals surface area (Å²) in [6.07, 6.45) is 1.74. The maximum atomic E-state index is 13.3. The minimum absolute atomic E-state index is 0.00360. The van der Waals surface area contributed by atoms with Crippen LogP contribution in [0.4, 0.5) is 13.2 Å². The Morgan fingerprint density at radius 1 is 0.975 bits per heavy atom. The van der Waals surface area contributed by atoms with E-state index in [0.29, 0.717) is 24.4 Å². The molecule has 4 saturated heterocycles. The number of halogens is 3. The molecule has 7 atom stereocenters. The highest BCUT2D eigenvalue weighted by molar-refractivity contribution is 5.80. The largest absolute Gasteiger partial charge is 0.405 e. The van der Waals surface area contributed by atoms with Crippen molar-refractivity contribution in [2.24, 2.45) is 23.2 Å². The van der Waals surface area contributed by atoms with E-state index in [9.17, 15) is 13.2 Å². The lowest BCUT2D eigenvalue weighted by Gasteiger charge is -2.45. The SMILES string of the molecule is CN1CC(C(F)(F)F)NC1C1CCC(CN2C(=N)N(C)C3CNC(C4CCCNC4OCC(C)(C)C)NC32)CC1.